The van der Waals surface area contributed by atoms with Crippen LogP contribution in [0.15, 0.2) is 65.5 Å². The van der Waals surface area contributed by atoms with E-state index in [0.29, 0.717) is 23.8 Å². The second-order valence-electron chi connectivity index (χ2n) is 5.57. The molecule has 0 saturated carbocycles. The monoisotopic (exact) mass is 336 g/mol. The van der Waals surface area contributed by atoms with Crippen molar-refractivity contribution < 1.29 is 9.21 Å². The Hall–Kier alpha value is -3.15. The normalized spacial score (nSPS) is 10.4. The average molecular weight is 336 g/mol. The van der Waals surface area contributed by atoms with Crippen molar-refractivity contribution in [3.8, 4) is 0 Å². The number of nitrogens with one attached hydrogen (secondary N) is 2. The van der Waals surface area contributed by atoms with Gasteiger partial charge < -0.3 is 15.1 Å². The molecule has 6 nitrogen and oxygen atoms in total. The van der Waals surface area contributed by atoms with Crippen LogP contribution in [-0.4, -0.2) is 22.4 Å². The van der Waals surface area contributed by atoms with Crippen LogP contribution in [0.2, 0.25) is 0 Å². The summed E-state index contributed by atoms with van der Waals surface area (Å²) in [6, 6.07) is 13.9. The number of carbonyl (C=O) groups is 1. The van der Waals surface area contributed by atoms with Gasteiger partial charge in [-0.3, -0.25) is 4.79 Å². The maximum absolute atomic E-state index is 12.0. The average Bonchev–Trinajstić information content (AvgIpc) is 3.18. The first-order valence-corrected chi connectivity index (χ1v) is 8.22. The second kappa shape index (κ2) is 8.63. The van der Waals surface area contributed by atoms with E-state index in [1.807, 2.05) is 18.2 Å². The number of hydrogen-bond donors (Lipinski definition) is 2. The van der Waals surface area contributed by atoms with Gasteiger partial charge in [0.2, 0.25) is 5.95 Å². The molecular formula is C19H20N4O2. The van der Waals surface area contributed by atoms with E-state index in [9.17, 15) is 4.79 Å². The van der Waals surface area contributed by atoms with E-state index in [2.05, 4.69) is 32.7 Å². The molecule has 0 unspecified atom stereocenters. The Morgan fingerprint density at radius 2 is 1.84 bits per heavy atom. The van der Waals surface area contributed by atoms with Crippen LogP contribution >= 0.6 is 0 Å². The lowest BCUT2D eigenvalue weighted by Gasteiger charge is -2.06. The van der Waals surface area contributed by atoms with Gasteiger partial charge in [0.15, 0.2) is 0 Å². The van der Waals surface area contributed by atoms with Crippen molar-refractivity contribution in [3.05, 3.63) is 78.0 Å². The maximum Gasteiger partial charge on any atom is 0.254 e. The molecule has 0 bridgehead atoms. The fraction of sp³-hybridized carbons (Fsp3) is 0.211. The van der Waals surface area contributed by atoms with Crippen molar-refractivity contribution in [2.45, 2.75) is 19.4 Å². The second-order valence-corrected chi connectivity index (χ2v) is 5.57. The predicted octanol–water partition coefficient (Wildman–Crippen LogP) is 3.04. The Morgan fingerprint density at radius 1 is 1.04 bits per heavy atom. The van der Waals surface area contributed by atoms with E-state index in [0.717, 1.165) is 19.4 Å². The summed E-state index contributed by atoms with van der Waals surface area (Å²) in [4.78, 5) is 20.4. The van der Waals surface area contributed by atoms with E-state index < -0.39 is 0 Å². The quantitative estimate of drug-likeness (QED) is 0.618. The molecule has 3 rings (SSSR count). The number of aromatic nitrogens is 2. The van der Waals surface area contributed by atoms with Gasteiger partial charge in [0.25, 0.3) is 5.91 Å². The van der Waals surface area contributed by atoms with Gasteiger partial charge in [-0.05, 0) is 30.5 Å². The predicted molar refractivity (Wildman–Crippen MR) is 95.2 cm³/mol. The van der Waals surface area contributed by atoms with Crippen LogP contribution in [0.4, 0.5) is 5.95 Å². The number of benzene rings is 1. The summed E-state index contributed by atoms with van der Waals surface area (Å²) in [5, 5.41) is 5.92. The molecule has 0 aliphatic rings. The Kier molecular flexibility index (Phi) is 5.77. The minimum Gasteiger partial charge on any atom is -0.467 e. The third-order valence-corrected chi connectivity index (χ3v) is 3.69. The van der Waals surface area contributed by atoms with Gasteiger partial charge >= 0.3 is 0 Å². The molecule has 0 radical (unpaired) electrons. The number of carbonyl (C=O) groups excluding carboxylic acids is 1. The first kappa shape index (κ1) is 16.7. The molecule has 2 aromatic heterocycles. The van der Waals surface area contributed by atoms with Gasteiger partial charge in [0.1, 0.15) is 5.76 Å². The number of rotatable bonds is 8. The SMILES string of the molecule is O=C(NCc1ccco1)c1cnc(NCCCc2ccccc2)nc1. The summed E-state index contributed by atoms with van der Waals surface area (Å²) >= 11 is 0. The van der Waals surface area contributed by atoms with E-state index in [-0.39, 0.29) is 5.91 Å². The Bertz CT molecular complexity index is 771. The Labute approximate surface area is 146 Å². The maximum atomic E-state index is 12.0. The van der Waals surface area contributed by atoms with Gasteiger partial charge in [-0.2, -0.15) is 0 Å². The summed E-state index contributed by atoms with van der Waals surface area (Å²) in [6.45, 7) is 1.12. The molecule has 128 valence electrons. The summed E-state index contributed by atoms with van der Waals surface area (Å²) < 4.78 is 5.17. The Balaban J connectivity index is 1.41. The molecule has 0 saturated heterocycles. The van der Waals surface area contributed by atoms with E-state index in [1.54, 1.807) is 18.4 Å². The first-order valence-electron chi connectivity index (χ1n) is 8.22. The minimum absolute atomic E-state index is 0.230. The van der Waals surface area contributed by atoms with Gasteiger partial charge in [-0.25, -0.2) is 9.97 Å². The number of aryl methyl sites for hydroxylation is 1. The van der Waals surface area contributed by atoms with Crippen LogP contribution in [0.3, 0.4) is 0 Å². The summed E-state index contributed by atoms with van der Waals surface area (Å²) in [5.41, 5.74) is 1.73. The lowest BCUT2D eigenvalue weighted by Crippen LogP contribution is -2.23. The third kappa shape index (κ3) is 5.17. The van der Waals surface area contributed by atoms with Crippen molar-refractivity contribution in [2.75, 3.05) is 11.9 Å². The third-order valence-electron chi connectivity index (χ3n) is 3.69. The molecule has 1 aromatic carbocycles. The van der Waals surface area contributed by atoms with Crippen molar-refractivity contribution in [1.29, 1.82) is 0 Å². The molecule has 0 spiro atoms. The van der Waals surface area contributed by atoms with Crippen LogP contribution < -0.4 is 10.6 Å². The molecule has 0 atom stereocenters. The van der Waals surface area contributed by atoms with Crippen LogP contribution in [-0.2, 0) is 13.0 Å². The topological polar surface area (TPSA) is 80.0 Å². The zero-order valence-electron chi connectivity index (χ0n) is 13.8. The molecule has 2 N–H and O–H groups in total. The van der Waals surface area contributed by atoms with Crippen LogP contribution in [0.25, 0.3) is 0 Å². The highest BCUT2D eigenvalue weighted by atomic mass is 16.3. The van der Waals surface area contributed by atoms with Crippen LogP contribution in [0, 0.1) is 0 Å². The first-order chi connectivity index (χ1) is 12.3. The van der Waals surface area contributed by atoms with Gasteiger partial charge in [0, 0.05) is 18.9 Å². The molecular weight excluding hydrogens is 316 g/mol. The largest absolute Gasteiger partial charge is 0.467 e. The molecule has 0 aliphatic heterocycles. The van der Waals surface area contributed by atoms with Crippen molar-refractivity contribution in [1.82, 2.24) is 15.3 Å². The minimum atomic E-state index is -0.230. The van der Waals surface area contributed by atoms with Crippen LogP contribution in [0.5, 0.6) is 0 Å². The number of anilines is 1. The molecule has 2 heterocycles. The molecule has 6 heteroatoms. The standard InChI is InChI=1S/C19H20N4O2/c24-18(21-14-17-9-5-11-25-17)16-12-22-19(23-13-16)20-10-4-8-15-6-2-1-3-7-15/h1-3,5-7,9,11-13H,4,8,10,14H2,(H,21,24)(H,20,22,23). The lowest BCUT2D eigenvalue weighted by molar-refractivity contribution is 0.0947. The molecule has 0 fully saturated rings. The van der Waals surface area contributed by atoms with Gasteiger partial charge in [-0.1, -0.05) is 30.3 Å². The molecule has 3 aromatic rings. The summed E-state index contributed by atoms with van der Waals surface area (Å²) in [7, 11) is 0. The highest BCUT2D eigenvalue weighted by Gasteiger charge is 2.07. The highest BCUT2D eigenvalue weighted by Crippen LogP contribution is 2.05. The van der Waals surface area contributed by atoms with E-state index in [4.69, 9.17) is 4.42 Å². The van der Waals surface area contributed by atoms with Crippen molar-refractivity contribution in [2.24, 2.45) is 0 Å². The Morgan fingerprint density at radius 3 is 2.56 bits per heavy atom. The zero-order chi connectivity index (χ0) is 17.3. The van der Waals surface area contributed by atoms with Crippen molar-refractivity contribution in [3.63, 3.8) is 0 Å². The molecule has 25 heavy (non-hydrogen) atoms. The van der Waals surface area contributed by atoms with Crippen molar-refractivity contribution >= 4 is 11.9 Å². The van der Waals surface area contributed by atoms with E-state index >= 15 is 0 Å². The fourth-order valence-electron chi connectivity index (χ4n) is 2.36. The lowest BCUT2D eigenvalue weighted by atomic mass is 10.1. The van der Waals surface area contributed by atoms with E-state index in [1.165, 1.54) is 18.0 Å². The molecule has 1 amide bonds. The summed E-state index contributed by atoms with van der Waals surface area (Å²) in [6.07, 6.45) is 6.59. The number of amides is 1. The highest BCUT2D eigenvalue weighted by molar-refractivity contribution is 5.93. The smallest absolute Gasteiger partial charge is 0.254 e. The summed E-state index contributed by atoms with van der Waals surface area (Å²) in [5.74, 6) is 0.994. The number of nitrogens with zero attached hydrogens (tertiary/aromatic N) is 2. The van der Waals surface area contributed by atoms with Gasteiger partial charge in [0.05, 0.1) is 18.4 Å². The van der Waals surface area contributed by atoms with Gasteiger partial charge in [-0.15, -0.1) is 0 Å². The number of furan rings is 1. The van der Waals surface area contributed by atoms with Crippen LogP contribution in [0.1, 0.15) is 28.1 Å². The molecule has 0 aliphatic carbocycles. The fourth-order valence-corrected chi connectivity index (χ4v) is 2.36. The zero-order valence-corrected chi connectivity index (χ0v) is 13.8. The number of hydrogen-bond acceptors (Lipinski definition) is 5.